The number of benzene rings is 2. The van der Waals surface area contributed by atoms with Crippen LogP contribution in [0, 0.1) is 5.92 Å². The van der Waals surface area contributed by atoms with Gasteiger partial charge in [0, 0.05) is 48.5 Å². The van der Waals surface area contributed by atoms with Crippen LogP contribution in [0.15, 0.2) is 79.1 Å². The van der Waals surface area contributed by atoms with Gasteiger partial charge < -0.3 is 19.7 Å². The maximum Gasteiger partial charge on any atom is 0.257 e. The van der Waals surface area contributed by atoms with Crippen LogP contribution in [-0.4, -0.2) is 54.2 Å². The van der Waals surface area contributed by atoms with E-state index in [0.29, 0.717) is 37.7 Å². The molecule has 2 aromatic heterocycles. The molecular weight excluding hydrogens is 440 g/mol. The largest absolute Gasteiger partial charge is 0.497 e. The van der Waals surface area contributed by atoms with Crippen molar-refractivity contribution in [3.8, 4) is 5.75 Å². The molecule has 0 aliphatic carbocycles. The lowest BCUT2D eigenvalue weighted by Crippen LogP contribution is -2.36. The van der Waals surface area contributed by atoms with Gasteiger partial charge in [0.2, 0.25) is 0 Å². The van der Waals surface area contributed by atoms with E-state index < -0.39 is 0 Å². The van der Waals surface area contributed by atoms with E-state index in [0.717, 1.165) is 28.8 Å². The lowest BCUT2D eigenvalue weighted by atomic mass is 9.96. The molecule has 5 rings (SSSR count). The Balaban J connectivity index is 1.35. The van der Waals surface area contributed by atoms with Crippen LogP contribution in [0.2, 0.25) is 0 Å². The Morgan fingerprint density at radius 1 is 1.09 bits per heavy atom. The second-order valence-electron chi connectivity index (χ2n) is 8.64. The summed E-state index contributed by atoms with van der Waals surface area (Å²) in [4.78, 5) is 24.5. The van der Waals surface area contributed by atoms with E-state index >= 15 is 0 Å². The van der Waals surface area contributed by atoms with E-state index in [-0.39, 0.29) is 11.8 Å². The number of fused-ring (bicyclic) bond motifs is 1. The minimum atomic E-state index is -0.0569. The summed E-state index contributed by atoms with van der Waals surface area (Å²) in [5.41, 5.74) is 3.54. The number of hydrogen-bond donors (Lipinski definition) is 1. The quantitative estimate of drug-likeness (QED) is 0.442. The fraction of sp³-hybridized carbons (Fsp3) is 0.250. The summed E-state index contributed by atoms with van der Waals surface area (Å²) in [6.07, 6.45) is 4.31. The topological polar surface area (TPSA) is 76.6 Å². The van der Waals surface area contributed by atoms with Crippen LogP contribution in [0.1, 0.15) is 15.9 Å². The third-order valence-electron chi connectivity index (χ3n) is 6.24. The molecule has 0 bridgehead atoms. The number of carbonyl (C=O) groups excluding carboxylic acids is 1. The molecule has 1 N–H and O–H groups in total. The molecule has 1 aliphatic rings. The third kappa shape index (κ3) is 5.25. The molecule has 0 saturated carbocycles. The molecule has 1 unspecified atom stereocenters. The summed E-state index contributed by atoms with van der Waals surface area (Å²) in [5.74, 6) is 1.37. The first kappa shape index (κ1) is 22.8. The minimum Gasteiger partial charge on any atom is -0.497 e. The van der Waals surface area contributed by atoms with Crippen molar-refractivity contribution in [2.75, 3.05) is 38.7 Å². The molecule has 7 nitrogen and oxygen atoms in total. The average molecular weight is 469 g/mol. The summed E-state index contributed by atoms with van der Waals surface area (Å²) >= 11 is 0. The molecule has 4 aromatic rings. The van der Waals surface area contributed by atoms with Gasteiger partial charge in [-0.15, -0.1) is 0 Å². The molecule has 0 radical (unpaired) electrons. The Hall–Kier alpha value is -3.97. The van der Waals surface area contributed by atoms with Gasteiger partial charge in [0.05, 0.1) is 31.4 Å². The summed E-state index contributed by atoms with van der Waals surface area (Å²) in [7, 11) is 1.63. The van der Waals surface area contributed by atoms with Crippen molar-refractivity contribution >= 4 is 28.3 Å². The smallest absolute Gasteiger partial charge is 0.257 e. The number of nitrogens with one attached hydrogen (secondary N) is 1. The van der Waals surface area contributed by atoms with Gasteiger partial charge in [-0.1, -0.05) is 24.3 Å². The number of amides is 1. The molecule has 3 heterocycles. The number of anilines is 2. The molecule has 1 fully saturated rings. The Morgan fingerprint density at radius 2 is 1.94 bits per heavy atom. The van der Waals surface area contributed by atoms with Crippen LogP contribution in [0.25, 0.3) is 10.9 Å². The Morgan fingerprint density at radius 3 is 2.86 bits per heavy atom. The first-order valence-electron chi connectivity index (χ1n) is 11.8. The Kier molecular flexibility index (Phi) is 6.86. The number of rotatable bonds is 6. The maximum absolute atomic E-state index is 13.7. The van der Waals surface area contributed by atoms with Gasteiger partial charge in [-0.25, -0.2) is 4.98 Å². The van der Waals surface area contributed by atoms with Gasteiger partial charge >= 0.3 is 0 Å². The summed E-state index contributed by atoms with van der Waals surface area (Å²) in [6.45, 7) is 2.28. The monoisotopic (exact) mass is 468 g/mol. The van der Waals surface area contributed by atoms with Crippen LogP contribution < -0.4 is 10.1 Å². The second-order valence-corrected chi connectivity index (χ2v) is 8.64. The minimum absolute atomic E-state index is 0.0569. The lowest BCUT2D eigenvalue weighted by Gasteiger charge is -2.25. The normalized spacial score (nSPS) is 16.0. The average Bonchev–Trinajstić information content (AvgIpc) is 3.14. The molecule has 1 aliphatic heterocycles. The molecule has 1 saturated heterocycles. The van der Waals surface area contributed by atoms with Gasteiger partial charge in [-0.2, -0.15) is 0 Å². The summed E-state index contributed by atoms with van der Waals surface area (Å²) in [6, 6.07) is 21.4. The second kappa shape index (κ2) is 10.5. The van der Waals surface area contributed by atoms with Gasteiger partial charge in [0.25, 0.3) is 5.91 Å². The van der Waals surface area contributed by atoms with Gasteiger partial charge in [-0.05, 0) is 48.4 Å². The van der Waals surface area contributed by atoms with Crippen molar-refractivity contribution in [3.05, 3.63) is 90.3 Å². The molecule has 178 valence electrons. The van der Waals surface area contributed by atoms with Crippen molar-refractivity contribution in [2.45, 2.75) is 6.42 Å². The molecule has 1 amide bonds. The molecule has 1 atom stereocenters. The Bertz CT molecular complexity index is 1320. The number of aromatic nitrogens is 2. The van der Waals surface area contributed by atoms with E-state index in [1.807, 2.05) is 59.6 Å². The maximum atomic E-state index is 13.7. The van der Waals surface area contributed by atoms with Gasteiger partial charge in [0.15, 0.2) is 0 Å². The highest BCUT2D eigenvalue weighted by Crippen LogP contribution is 2.25. The van der Waals surface area contributed by atoms with Crippen molar-refractivity contribution in [1.29, 1.82) is 0 Å². The summed E-state index contributed by atoms with van der Waals surface area (Å²) < 4.78 is 11.2. The SMILES string of the molecule is COc1cccc(Nc2ncccc2C(=O)N2CCOCC(Cc3cccc4ncccc34)C2)c1. The van der Waals surface area contributed by atoms with E-state index in [1.54, 1.807) is 19.4 Å². The van der Waals surface area contributed by atoms with Crippen LogP contribution in [0.3, 0.4) is 0 Å². The fourth-order valence-electron chi connectivity index (χ4n) is 4.53. The standard InChI is InChI=1S/C28H28N4O3/c1-34-23-8-3-7-22(17-23)31-27-25(10-5-13-30-27)28(33)32-14-15-35-19-20(18-32)16-21-6-2-11-26-24(21)9-4-12-29-26/h2-13,17,20H,14-16,18-19H2,1H3,(H,30,31). The predicted octanol–water partition coefficient (Wildman–Crippen LogP) is 4.71. The molecule has 2 aromatic carbocycles. The van der Waals surface area contributed by atoms with E-state index in [4.69, 9.17) is 9.47 Å². The number of hydrogen-bond acceptors (Lipinski definition) is 6. The fourth-order valence-corrected chi connectivity index (χ4v) is 4.53. The lowest BCUT2D eigenvalue weighted by molar-refractivity contribution is 0.0738. The highest BCUT2D eigenvalue weighted by molar-refractivity contribution is 5.99. The van der Waals surface area contributed by atoms with E-state index in [2.05, 4.69) is 27.4 Å². The number of ether oxygens (including phenoxy) is 2. The molecule has 35 heavy (non-hydrogen) atoms. The van der Waals surface area contributed by atoms with Gasteiger partial charge in [0.1, 0.15) is 11.6 Å². The number of pyridine rings is 2. The van der Waals surface area contributed by atoms with Crippen molar-refractivity contribution in [3.63, 3.8) is 0 Å². The third-order valence-corrected chi connectivity index (χ3v) is 6.24. The highest BCUT2D eigenvalue weighted by Gasteiger charge is 2.26. The van der Waals surface area contributed by atoms with Crippen molar-refractivity contribution in [2.24, 2.45) is 5.92 Å². The van der Waals surface area contributed by atoms with E-state index in [9.17, 15) is 4.79 Å². The van der Waals surface area contributed by atoms with Crippen molar-refractivity contribution in [1.82, 2.24) is 14.9 Å². The van der Waals surface area contributed by atoms with Crippen LogP contribution in [0.5, 0.6) is 5.75 Å². The van der Waals surface area contributed by atoms with Crippen LogP contribution in [0.4, 0.5) is 11.5 Å². The van der Waals surface area contributed by atoms with Crippen LogP contribution in [-0.2, 0) is 11.2 Å². The number of carbonyl (C=O) groups is 1. The molecule has 0 spiro atoms. The zero-order valence-electron chi connectivity index (χ0n) is 19.7. The first-order chi connectivity index (χ1) is 17.2. The Labute approximate surface area is 204 Å². The van der Waals surface area contributed by atoms with Gasteiger partial charge in [-0.3, -0.25) is 9.78 Å². The highest BCUT2D eigenvalue weighted by atomic mass is 16.5. The zero-order valence-corrected chi connectivity index (χ0v) is 19.7. The zero-order chi connectivity index (χ0) is 24.0. The number of nitrogens with zero attached hydrogens (tertiary/aromatic N) is 3. The predicted molar refractivity (Wildman–Crippen MR) is 136 cm³/mol. The number of methoxy groups -OCH3 is 1. The summed E-state index contributed by atoms with van der Waals surface area (Å²) in [5, 5.41) is 4.42. The van der Waals surface area contributed by atoms with Crippen molar-refractivity contribution < 1.29 is 14.3 Å². The van der Waals surface area contributed by atoms with Crippen LogP contribution >= 0.6 is 0 Å². The molecule has 7 heteroatoms. The first-order valence-corrected chi connectivity index (χ1v) is 11.8. The van der Waals surface area contributed by atoms with E-state index in [1.165, 1.54) is 5.56 Å². The molecular formula is C28H28N4O3.